The predicted molar refractivity (Wildman–Crippen MR) is 93.7 cm³/mol. The van der Waals surface area contributed by atoms with Crippen LogP contribution < -0.4 is 5.32 Å². The fourth-order valence-electron chi connectivity index (χ4n) is 3.61. The van der Waals surface area contributed by atoms with Crippen LogP contribution in [0.5, 0.6) is 0 Å². The first-order chi connectivity index (χ1) is 14.2. The number of fused-ring (bicyclic) bond motifs is 3. The molecule has 0 spiro atoms. The Morgan fingerprint density at radius 2 is 2.03 bits per heavy atom. The fourth-order valence-corrected chi connectivity index (χ4v) is 3.61. The molecule has 0 saturated heterocycles. The van der Waals surface area contributed by atoms with Crippen LogP contribution in [0.15, 0.2) is 24.1 Å². The molecular weight excluding hydrogens is 413 g/mol. The largest absolute Gasteiger partial charge is 0.512 e. The summed E-state index contributed by atoms with van der Waals surface area (Å²) in [5.74, 6) is -5.29. The summed E-state index contributed by atoms with van der Waals surface area (Å²) in [6, 6.07) is 0.198. The first kappa shape index (κ1) is 20.1. The number of aliphatic hydroxyl groups is 1. The number of hydrogen-bond acceptors (Lipinski definition) is 4. The molecule has 0 aliphatic carbocycles. The van der Waals surface area contributed by atoms with Gasteiger partial charge in [-0.1, -0.05) is 0 Å². The number of carbonyl (C=O) groups excluding carboxylic acids is 1. The molecule has 160 valence electrons. The molecule has 7 nitrogen and oxygen atoms in total. The number of aliphatic hydroxyl groups excluding tert-OH is 1. The number of amides is 2. The third-order valence-electron chi connectivity index (χ3n) is 5.00. The van der Waals surface area contributed by atoms with E-state index in [2.05, 4.69) is 15.4 Å². The minimum absolute atomic E-state index is 0.00113. The number of hydrogen-bond donors (Lipinski definition) is 2. The fraction of sp³-hybridized carbons (Fsp3) is 0.389. The summed E-state index contributed by atoms with van der Waals surface area (Å²) < 4.78 is 70.1. The van der Waals surface area contributed by atoms with E-state index < -0.39 is 47.0 Å². The lowest BCUT2D eigenvalue weighted by atomic mass is 10.0. The minimum atomic E-state index is -3.48. The van der Waals surface area contributed by atoms with Gasteiger partial charge in [0.05, 0.1) is 23.7 Å². The normalized spacial score (nSPS) is 17.8. The van der Waals surface area contributed by atoms with Crippen LogP contribution in [0.25, 0.3) is 0 Å². The van der Waals surface area contributed by atoms with Gasteiger partial charge in [0.2, 0.25) is 0 Å². The highest BCUT2D eigenvalue weighted by Gasteiger charge is 2.41. The molecular formula is C18H16F5N5O2. The number of nitrogens with zero attached hydrogens (tertiary/aromatic N) is 4. The minimum Gasteiger partial charge on any atom is -0.512 e. The zero-order chi connectivity index (χ0) is 21.6. The van der Waals surface area contributed by atoms with Gasteiger partial charge in [-0.2, -0.15) is 13.9 Å². The quantitative estimate of drug-likeness (QED) is 0.710. The van der Waals surface area contributed by atoms with Gasteiger partial charge in [-0.25, -0.2) is 18.0 Å². The molecule has 4 heterocycles. The number of halogens is 5. The van der Waals surface area contributed by atoms with Gasteiger partial charge in [-0.3, -0.25) is 9.67 Å². The monoisotopic (exact) mass is 429 g/mol. The van der Waals surface area contributed by atoms with Gasteiger partial charge in [-0.05, 0) is 6.07 Å². The first-order valence-electron chi connectivity index (χ1n) is 9.03. The van der Waals surface area contributed by atoms with Crippen molar-refractivity contribution in [2.45, 2.75) is 38.3 Å². The van der Waals surface area contributed by atoms with E-state index in [0.717, 1.165) is 21.8 Å². The molecule has 2 amide bonds. The molecule has 0 fully saturated rings. The maximum atomic E-state index is 14.6. The van der Waals surface area contributed by atoms with Crippen molar-refractivity contribution in [3.05, 3.63) is 52.6 Å². The Hall–Kier alpha value is -3.18. The Labute approximate surface area is 166 Å². The summed E-state index contributed by atoms with van der Waals surface area (Å²) in [6.45, 7) is -0.0451. The van der Waals surface area contributed by atoms with Gasteiger partial charge >= 0.3 is 12.0 Å². The average Bonchev–Trinajstić information content (AvgIpc) is 3.00. The molecule has 0 bridgehead atoms. The van der Waals surface area contributed by atoms with Gasteiger partial charge in [0, 0.05) is 43.8 Å². The number of anilines is 1. The van der Waals surface area contributed by atoms with Gasteiger partial charge in [0.15, 0.2) is 5.82 Å². The van der Waals surface area contributed by atoms with Crippen molar-refractivity contribution in [3.8, 4) is 0 Å². The first-order valence-corrected chi connectivity index (χ1v) is 9.03. The Kier molecular flexibility index (Phi) is 4.86. The number of aromatic nitrogens is 3. The number of pyridine rings is 1. The van der Waals surface area contributed by atoms with E-state index in [1.807, 2.05) is 0 Å². The highest BCUT2D eigenvalue weighted by atomic mass is 19.3. The van der Waals surface area contributed by atoms with E-state index in [1.165, 1.54) is 0 Å². The summed E-state index contributed by atoms with van der Waals surface area (Å²) >= 11 is 0. The second-order valence-electron chi connectivity index (χ2n) is 6.97. The standard InChI is InChI=1S/C18H16F5N5O2/c19-13-12(1-4-24-14(13)16(20)21)25-17(30)27-5-3-11-10(8-27)15-18(22,23)7-9(29)2-6-28(15)26-11/h1,4,7,16,29H,2-3,5-6,8H2,(H,24,25,30). The predicted octanol–water partition coefficient (Wildman–Crippen LogP) is 3.88. The third-order valence-corrected chi connectivity index (χ3v) is 5.00. The van der Waals surface area contributed by atoms with E-state index in [0.29, 0.717) is 11.8 Å². The molecule has 0 atom stereocenters. The van der Waals surface area contributed by atoms with Gasteiger partial charge in [-0.15, -0.1) is 0 Å². The topological polar surface area (TPSA) is 83.3 Å². The number of nitrogens with one attached hydrogen (secondary N) is 1. The van der Waals surface area contributed by atoms with E-state index in [-0.39, 0.29) is 38.0 Å². The van der Waals surface area contributed by atoms with Crippen LogP contribution in [0.3, 0.4) is 0 Å². The second kappa shape index (κ2) is 7.26. The van der Waals surface area contributed by atoms with Crippen LogP contribution >= 0.6 is 0 Å². The van der Waals surface area contributed by atoms with Crippen molar-refractivity contribution in [1.82, 2.24) is 19.7 Å². The zero-order valence-electron chi connectivity index (χ0n) is 15.4. The van der Waals surface area contributed by atoms with E-state index in [9.17, 15) is 31.9 Å². The maximum absolute atomic E-state index is 14.6. The number of alkyl halides is 4. The maximum Gasteiger partial charge on any atom is 0.322 e. The highest BCUT2D eigenvalue weighted by Crippen LogP contribution is 2.38. The smallest absolute Gasteiger partial charge is 0.322 e. The summed E-state index contributed by atoms with van der Waals surface area (Å²) in [4.78, 5) is 17.0. The summed E-state index contributed by atoms with van der Waals surface area (Å²) in [5, 5.41) is 16.0. The van der Waals surface area contributed by atoms with E-state index >= 15 is 0 Å². The van der Waals surface area contributed by atoms with Crippen LogP contribution in [-0.4, -0.2) is 37.3 Å². The molecule has 2 N–H and O–H groups in total. The molecule has 0 aromatic carbocycles. The van der Waals surface area contributed by atoms with Gasteiger partial charge in [0.25, 0.3) is 6.43 Å². The lowest BCUT2D eigenvalue weighted by molar-refractivity contribution is 0.0393. The number of urea groups is 1. The van der Waals surface area contributed by atoms with E-state index in [1.54, 1.807) is 0 Å². The Bertz CT molecular complexity index is 1040. The van der Waals surface area contributed by atoms with Crippen LogP contribution in [0.4, 0.5) is 32.4 Å². The molecule has 12 heteroatoms. The zero-order valence-corrected chi connectivity index (χ0v) is 15.4. The van der Waals surface area contributed by atoms with Crippen molar-refractivity contribution in [2.75, 3.05) is 11.9 Å². The Morgan fingerprint density at radius 1 is 1.27 bits per heavy atom. The number of rotatable bonds is 2. The third kappa shape index (κ3) is 3.46. The van der Waals surface area contributed by atoms with Crippen molar-refractivity contribution in [2.24, 2.45) is 0 Å². The van der Waals surface area contributed by atoms with Crippen molar-refractivity contribution in [3.63, 3.8) is 0 Å². The molecule has 0 unspecified atom stereocenters. The van der Waals surface area contributed by atoms with Crippen LogP contribution in [0.1, 0.15) is 35.5 Å². The second-order valence-corrected chi connectivity index (χ2v) is 6.97. The Balaban J connectivity index is 1.59. The molecule has 30 heavy (non-hydrogen) atoms. The number of aryl methyl sites for hydroxylation is 1. The molecule has 2 aliphatic rings. The molecule has 0 saturated carbocycles. The lowest BCUT2D eigenvalue weighted by Gasteiger charge is -2.28. The number of carbonyl (C=O) groups is 1. The molecule has 2 aliphatic heterocycles. The van der Waals surface area contributed by atoms with Crippen molar-refractivity contribution < 1.29 is 31.9 Å². The van der Waals surface area contributed by atoms with Crippen LogP contribution in [0, 0.1) is 5.82 Å². The van der Waals surface area contributed by atoms with Gasteiger partial charge < -0.3 is 15.3 Å². The SMILES string of the molecule is O=C(Nc1ccnc(C(F)F)c1F)N1CCc2nn3c(c2C1)C(F)(F)C=C(O)CC3. The average molecular weight is 429 g/mol. The highest BCUT2D eigenvalue weighted by molar-refractivity contribution is 5.89. The number of allylic oxidation sites excluding steroid dienone is 2. The molecule has 0 radical (unpaired) electrons. The van der Waals surface area contributed by atoms with Gasteiger partial charge in [0.1, 0.15) is 11.4 Å². The lowest BCUT2D eigenvalue weighted by Crippen LogP contribution is -2.39. The summed E-state index contributed by atoms with van der Waals surface area (Å²) in [7, 11) is 0. The molecule has 4 rings (SSSR count). The van der Waals surface area contributed by atoms with E-state index in [4.69, 9.17) is 0 Å². The van der Waals surface area contributed by atoms with Crippen LogP contribution in [0.2, 0.25) is 0 Å². The van der Waals surface area contributed by atoms with Crippen molar-refractivity contribution in [1.29, 1.82) is 0 Å². The summed E-state index contributed by atoms with van der Waals surface area (Å²) in [6.07, 6.45) is -1.57. The van der Waals surface area contributed by atoms with Crippen molar-refractivity contribution >= 4 is 11.7 Å². The molecule has 2 aromatic heterocycles. The molecule has 2 aromatic rings. The Morgan fingerprint density at radius 3 is 2.77 bits per heavy atom. The summed E-state index contributed by atoms with van der Waals surface area (Å²) in [5.41, 5.74) is -1.42. The van der Waals surface area contributed by atoms with Crippen LogP contribution in [-0.2, 0) is 25.4 Å².